The largest absolute Gasteiger partial charge is 0.283 e. The molecule has 0 N–H and O–H groups in total. The summed E-state index contributed by atoms with van der Waals surface area (Å²) in [6, 6.07) is 43.4. The number of nitrogens with zero attached hydrogens (tertiary/aromatic N) is 5. The van der Waals surface area contributed by atoms with Crippen LogP contribution < -0.4 is 0 Å². The molecule has 3 heterocycles. The van der Waals surface area contributed by atoms with Gasteiger partial charge >= 0.3 is 0 Å². The number of imidazole rings is 1. The van der Waals surface area contributed by atoms with Crippen molar-refractivity contribution in [2.45, 2.75) is 5.54 Å². The minimum atomic E-state index is -0.952. The Hall–Kier alpha value is -5.92. The maximum atomic E-state index is 15.7. The molecule has 0 saturated heterocycles. The highest BCUT2D eigenvalue weighted by Gasteiger charge is 2.40. The molecule has 0 aliphatic rings. The molecule has 3 aromatic heterocycles. The molecule has 0 saturated carbocycles. The summed E-state index contributed by atoms with van der Waals surface area (Å²) in [7, 11) is 0. The van der Waals surface area contributed by atoms with E-state index in [1.807, 2.05) is 94.3 Å². The summed E-state index contributed by atoms with van der Waals surface area (Å²) in [6.07, 6.45) is 5.25. The minimum absolute atomic E-state index is 0.182. The Morgan fingerprint density at radius 1 is 0.625 bits per heavy atom. The topological polar surface area (TPSA) is 48.5 Å². The van der Waals surface area contributed by atoms with Gasteiger partial charge in [0.15, 0.2) is 0 Å². The van der Waals surface area contributed by atoms with Crippen molar-refractivity contribution in [1.82, 2.24) is 24.3 Å². The van der Waals surface area contributed by atoms with Gasteiger partial charge in [0.25, 0.3) is 0 Å². The van der Waals surface area contributed by atoms with E-state index >= 15 is 4.39 Å². The Morgan fingerprint density at radius 3 is 1.85 bits per heavy atom. The summed E-state index contributed by atoms with van der Waals surface area (Å²) in [5.74, 6) is -0.719. The molecule has 48 heavy (non-hydrogen) atoms. The maximum absolute atomic E-state index is 15.7. The van der Waals surface area contributed by atoms with Crippen LogP contribution in [-0.2, 0) is 5.54 Å². The van der Waals surface area contributed by atoms with Gasteiger partial charge < -0.3 is 0 Å². The Bertz CT molecular complexity index is 2270. The number of pyridine rings is 1. The van der Waals surface area contributed by atoms with Crippen molar-refractivity contribution in [3.8, 4) is 28.2 Å². The van der Waals surface area contributed by atoms with E-state index in [0.29, 0.717) is 22.1 Å². The predicted molar refractivity (Wildman–Crippen MR) is 185 cm³/mol. The van der Waals surface area contributed by atoms with Gasteiger partial charge in [-0.2, -0.15) is 5.10 Å². The molecule has 0 amide bonds. The molecule has 0 aliphatic heterocycles. The van der Waals surface area contributed by atoms with Crippen LogP contribution >= 0.6 is 11.6 Å². The highest BCUT2D eigenvalue weighted by Crippen LogP contribution is 2.44. The molecular formula is C40H26ClF2N5. The zero-order valence-corrected chi connectivity index (χ0v) is 26.1. The lowest BCUT2D eigenvalue weighted by atomic mass is 9.77. The summed E-state index contributed by atoms with van der Waals surface area (Å²) in [6.45, 7) is 0. The smallest absolute Gasteiger partial charge is 0.138 e. The summed E-state index contributed by atoms with van der Waals surface area (Å²) in [4.78, 5) is 9.07. The number of aromatic nitrogens is 5. The first-order valence-corrected chi connectivity index (χ1v) is 15.7. The minimum Gasteiger partial charge on any atom is -0.283 e. The standard InChI is InChI=1S/C40H26ClF2N5/c41-31-17-21-38(44-24-31)47-26-45-36-20-16-27(22-37(36)47)34-25-48(46-39(34)33-19-18-32(42)23-35(33)43)40(28-10-4-1-5-11-28,29-12-6-2-7-13-29)30-14-8-3-9-15-30/h1-26H. The van der Waals surface area contributed by atoms with E-state index in [2.05, 4.69) is 46.4 Å². The first kappa shape index (κ1) is 29.5. The Morgan fingerprint density at radius 2 is 1.27 bits per heavy atom. The molecule has 8 heteroatoms. The van der Waals surface area contributed by atoms with Gasteiger partial charge in [-0.3, -0.25) is 9.25 Å². The van der Waals surface area contributed by atoms with Crippen molar-refractivity contribution < 1.29 is 8.78 Å². The molecule has 0 fully saturated rings. The zero-order valence-electron chi connectivity index (χ0n) is 25.4. The molecule has 5 aromatic carbocycles. The lowest BCUT2D eigenvalue weighted by Crippen LogP contribution is -2.38. The van der Waals surface area contributed by atoms with Gasteiger partial charge in [-0.1, -0.05) is 109 Å². The van der Waals surface area contributed by atoms with Crippen LogP contribution in [0.2, 0.25) is 5.02 Å². The molecule has 8 aromatic rings. The van der Waals surface area contributed by atoms with Crippen LogP contribution in [0.5, 0.6) is 0 Å². The summed E-state index contributed by atoms with van der Waals surface area (Å²) in [5, 5.41) is 5.74. The molecule has 5 nitrogen and oxygen atoms in total. The molecule has 0 spiro atoms. The number of hydrogen-bond acceptors (Lipinski definition) is 3. The van der Waals surface area contributed by atoms with Crippen molar-refractivity contribution in [3.05, 3.63) is 192 Å². The van der Waals surface area contributed by atoms with E-state index in [-0.39, 0.29) is 5.56 Å². The Balaban J connectivity index is 1.44. The quantitative estimate of drug-likeness (QED) is 0.162. The molecule has 0 bridgehead atoms. The number of rotatable bonds is 7. The van der Waals surface area contributed by atoms with Crippen molar-refractivity contribution in [2.24, 2.45) is 0 Å². The fourth-order valence-electron chi connectivity index (χ4n) is 6.44. The number of hydrogen-bond donors (Lipinski definition) is 0. The highest BCUT2D eigenvalue weighted by molar-refractivity contribution is 6.30. The van der Waals surface area contributed by atoms with Gasteiger partial charge in [0.2, 0.25) is 0 Å². The second kappa shape index (κ2) is 12.0. The van der Waals surface area contributed by atoms with Crippen molar-refractivity contribution >= 4 is 22.6 Å². The zero-order chi connectivity index (χ0) is 32.7. The van der Waals surface area contributed by atoms with Gasteiger partial charge in [-0.25, -0.2) is 18.7 Å². The van der Waals surface area contributed by atoms with Gasteiger partial charge in [-0.05, 0) is 58.7 Å². The SMILES string of the molecule is Fc1ccc(-c2nn(C(c3ccccc3)(c3ccccc3)c3ccccc3)cc2-c2ccc3ncn(-c4ccc(Cl)cn4)c3c2)c(F)c1. The average Bonchev–Trinajstić information content (AvgIpc) is 3.76. The summed E-state index contributed by atoms with van der Waals surface area (Å²) < 4.78 is 33.7. The monoisotopic (exact) mass is 649 g/mol. The van der Waals surface area contributed by atoms with Crippen molar-refractivity contribution in [3.63, 3.8) is 0 Å². The van der Waals surface area contributed by atoms with E-state index in [1.165, 1.54) is 12.1 Å². The van der Waals surface area contributed by atoms with Crippen LogP contribution in [0.4, 0.5) is 8.78 Å². The summed E-state index contributed by atoms with van der Waals surface area (Å²) >= 11 is 6.12. The normalized spacial score (nSPS) is 11.6. The number of fused-ring (bicyclic) bond motifs is 1. The van der Waals surface area contributed by atoms with Gasteiger partial charge in [-0.15, -0.1) is 0 Å². The first-order valence-electron chi connectivity index (χ1n) is 15.3. The third kappa shape index (κ3) is 4.96. The van der Waals surface area contributed by atoms with Crippen LogP contribution in [0.15, 0.2) is 158 Å². The van der Waals surface area contributed by atoms with E-state index < -0.39 is 17.2 Å². The van der Waals surface area contributed by atoms with E-state index in [1.54, 1.807) is 18.6 Å². The second-order valence-electron chi connectivity index (χ2n) is 11.4. The third-order valence-corrected chi connectivity index (χ3v) is 8.86. The Kier molecular flexibility index (Phi) is 7.39. The van der Waals surface area contributed by atoms with Crippen LogP contribution in [0.25, 0.3) is 39.2 Å². The molecular weight excluding hydrogens is 624 g/mol. The van der Waals surface area contributed by atoms with Gasteiger partial charge in [0, 0.05) is 29.6 Å². The molecule has 0 aliphatic carbocycles. The van der Waals surface area contributed by atoms with Gasteiger partial charge in [0.05, 0.1) is 16.1 Å². The van der Waals surface area contributed by atoms with Crippen LogP contribution in [0.1, 0.15) is 16.7 Å². The number of halogens is 3. The first-order chi connectivity index (χ1) is 23.5. The van der Waals surface area contributed by atoms with Crippen molar-refractivity contribution in [2.75, 3.05) is 0 Å². The molecule has 0 unspecified atom stereocenters. The van der Waals surface area contributed by atoms with Crippen LogP contribution in [-0.4, -0.2) is 24.3 Å². The third-order valence-electron chi connectivity index (χ3n) is 8.64. The second-order valence-corrected chi connectivity index (χ2v) is 11.9. The Labute approximate surface area is 280 Å². The van der Waals surface area contributed by atoms with E-state index in [4.69, 9.17) is 16.7 Å². The molecule has 232 valence electrons. The fraction of sp³-hybridized carbons (Fsp3) is 0.0250. The van der Waals surface area contributed by atoms with Crippen LogP contribution in [0, 0.1) is 11.6 Å². The lowest BCUT2D eigenvalue weighted by Gasteiger charge is -2.36. The molecule has 8 rings (SSSR count). The van der Waals surface area contributed by atoms with E-state index in [9.17, 15) is 4.39 Å². The lowest BCUT2D eigenvalue weighted by molar-refractivity contribution is 0.461. The fourth-order valence-corrected chi connectivity index (χ4v) is 6.55. The maximum Gasteiger partial charge on any atom is 0.138 e. The number of benzene rings is 5. The van der Waals surface area contributed by atoms with Crippen LogP contribution in [0.3, 0.4) is 0 Å². The van der Waals surface area contributed by atoms with Gasteiger partial charge in [0.1, 0.15) is 35.0 Å². The molecule has 0 atom stereocenters. The summed E-state index contributed by atoms with van der Waals surface area (Å²) in [5.41, 5.74) is 5.46. The van der Waals surface area contributed by atoms with E-state index in [0.717, 1.165) is 39.4 Å². The predicted octanol–water partition coefficient (Wildman–Crippen LogP) is 9.72. The highest BCUT2D eigenvalue weighted by atomic mass is 35.5. The van der Waals surface area contributed by atoms with Crippen molar-refractivity contribution in [1.29, 1.82) is 0 Å². The molecule has 0 radical (unpaired) electrons. The average molecular weight is 650 g/mol.